The second-order valence-electron chi connectivity index (χ2n) is 3.69. The molecule has 0 atom stereocenters. The summed E-state index contributed by atoms with van der Waals surface area (Å²) in [6, 6.07) is 4.22. The van der Waals surface area contributed by atoms with Crippen LogP contribution in [-0.4, -0.2) is 29.0 Å². The molecule has 0 bridgehead atoms. The van der Waals surface area contributed by atoms with Crippen molar-refractivity contribution in [2.75, 3.05) is 19.5 Å². The lowest BCUT2D eigenvalue weighted by atomic mass is 10.3. The second-order valence-corrected chi connectivity index (χ2v) is 3.69. The van der Waals surface area contributed by atoms with Gasteiger partial charge in [0.15, 0.2) is 0 Å². The maximum atomic E-state index is 11.0. The number of nitrogens with one attached hydrogen (secondary N) is 1. The molecule has 0 radical (unpaired) electrons. The van der Waals surface area contributed by atoms with Gasteiger partial charge in [-0.1, -0.05) is 0 Å². The predicted octanol–water partition coefficient (Wildman–Crippen LogP) is 2.23. The zero-order chi connectivity index (χ0) is 14.5. The predicted molar refractivity (Wildman–Crippen MR) is 71.3 cm³/mol. The van der Waals surface area contributed by atoms with Crippen LogP contribution in [-0.2, 0) is 0 Å². The molecule has 1 N–H and O–H groups in total. The summed E-state index contributed by atoms with van der Waals surface area (Å²) in [6.45, 7) is 0. The van der Waals surface area contributed by atoms with E-state index in [1.165, 1.54) is 37.7 Å². The smallest absolute Gasteiger partial charge is 0.311 e. The number of hydrogen-bond acceptors (Lipinski definition) is 7. The molecule has 0 amide bonds. The van der Waals surface area contributed by atoms with E-state index in [2.05, 4.69) is 15.3 Å². The standard InChI is InChI=1S/C12H12N4O4/c1-13-11-6-14-7-12(15-11)20-10-5-8(19-2)3-4-9(10)16(17)18/h3-7H,1-2H3,(H,13,15). The molecule has 8 nitrogen and oxygen atoms in total. The number of nitrogens with zero attached hydrogens (tertiary/aromatic N) is 3. The maximum absolute atomic E-state index is 11.0. The highest BCUT2D eigenvalue weighted by molar-refractivity contribution is 5.52. The molecule has 2 aromatic rings. The molecule has 0 saturated heterocycles. The van der Waals surface area contributed by atoms with Gasteiger partial charge in [0.05, 0.1) is 24.4 Å². The lowest BCUT2D eigenvalue weighted by Gasteiger charge is -2.07. The first-order valence-corrected chi connectivity index (χ1v) is 5.64. The second kappa shape index (κ2) is 5.83. The van der Waals surface area contributed by atoms with Gasteiger partial charge in [-0.3, -0.25) is 15.1 Å². The lowest BCUT2D eigenvalue weighted by molar-refractivity contribution is -0.385. The normalized spacial score (nSPS) is 9.90. The summed E-state index contributed by atoms with van der Waals surface area (Å²) < 4.78 is 10.4. The SMILES string of the molecule is CNc1cncc(Oc2cc(OC)ccc2[N+](=O)[O-])n1. The Bertz CT molecular complexity index is 633. The molecule has 0 spiro atoms. The van der Waals surface area contributed by atoms with Crippen molar-refractivity contribution in [3.8, 4) is 17.4 Å². The molecule has 0 aliphatic carbocycles. The molecule has 20 heavy (non-hydrogen) atoms. The lowest BCUT2D eigenvalue weighted by Crippen LogP contribution is -1.98. The molecule has 104 valence electrons. The van der Waals surface area contributed by atoms with Crippen molar-refractivity contribution in [1.82, 2.24) is 9.97 Å². The van der Waals surface area contributed by atoms with Crippen LogP contribution in [0.25, 0.3) is 0 Å². The highest BCUT2D eigenvalue weighted by atomic mass is 16.6. The molecule has 1 aromatic heterocycles. The van der Waals surface area contributed by atoms with Gasteiger partial charge in [0.2, 0.25) is 11.6 Å². The summed E-state index contributed by atoms with van der Waals surface area (Å²) in [4.78, 5) is 18.4. The van der Waals surface area contributed by atoms with Crippen LogP contribution in [0.3, 0.4) is 0 Å². The molecule has 0 fully saturated rings. The third-order valence-corrected chi connectivity index (χ3v) is 2.45. The highest BCUT2D eigenvalue weighted by Crippen LogP contribution is 2.33. The van der Waals surface area contributed by atoms with Crippen molar-refractivity contribution in [2.24, 2.45) is 0 Å². The van der Waals surface area contributed by atoms with Crippen LogP contribution in [0.15, 0.2) is 30.6 Å². The van der Waals surface area contributed by atoms with Crippen LogP contribution in [0.1, 0.15) is 0 Å². The Labute approximate surface area is 114 Å². The fourth-order valence-electron chi connectivity index (χ4n) is 1.48. The number of hydrogen-bond donors (Lipinski definition) is 1. The maximum Gasteiger partial charge on any atom is 0.311 e. The van der Waals surface area contributed by atoms with E-state index in [9.17, 15) is 10.1 Å². The molecule has 0 aliphatic rings. The summed E-state index contributed by atoms with van der Waals surface area (Å²) in [6.07, 6.45) is 2.87. The average molecular weight is 276 g/mol. The van der Waals surface area contributed by atoms with E-state index >= 15 is 0 Å². The number of aromatic nitrogens is 2. The molecule has 0 aliphatic heterocycles. The Morgan fingerprint density at radius 3 is 2.80 bits per heavy atom. The molecule has 1 aromatic carbocycles. The molecule has 0 saturated carbocycles. The minimum absolute atomic E-state index is 0.0388. The van der Waals surface area contributed by atoms with Crippen molar-refractivity contribution >= 4 is 11.5 Å². The monoisotopic (exact) mass is 276 g/mol. The Morgan fingerprint density at radius 2 is 2.15 bits per heavy atom. The minimum Gasteiger partial charge on any atom is -0.497 e. The summed E-state index contributed by atoms with van der Waals surface area (Å²) in [7, 11) is 3.15. The summed E-state index contributed by atoms with van der Waals surface area (Å²) in [5.41, 5.74) is -0.178. The number of nitro benzene ring substituents is 1. The van der Waals surface area contributed by atoms with E-state index in [-0.39, 0.29) is 17.3 Å². The first kappa shape index (κ1) is 13.5. The van der Waals surface area contributed by atoms with Crippen molar-refractivity contribution in [2.45, 2.75) is 0 Å². The van der Waals surface area contributed by atoms with Crippen molar-refractivity contribution in [1.29, 1.82) is 0 Å². The zero-order valence-corrected chi connectivity index (χ0v) is 10.9. The number of ether oxygens (including phenoxy) is 2. The van der Waals surface area contributed by atoms with Crippen LogP contribution >= 0.6 is 0 Å². The van der Waals surface area contributed by atoms with Gasteiger partial charge >= 0.3 is 5.69 Å². The van der Waals surface area contributed by atoms with Crippen LogP contribution in [0, 0.1) is 10.1 Å². The van der Waals surface area contributed by atoms with Gasteiger partial charge in [-0.2, -0.15) is 4.98 Å². The molecule has 1 heterocycles. The fraction of sp³-hybridized carbons (Fsp3) is 0.167. The fourth-order valence-corrected chi connectivity index (χ4v) is 1.48. The Kier molecular flexibility index (Phi) is 3.94. The Morgan fingerprint density at radius 1 is 1.35 bits per heavy atom. The largest absolute Gasteiger partial charge is 0.497 e. The van der Waals surface area contributed by atoms with Gasteiger partial charge in [-0.05, 0) is 6.07 Å². The zero-order valence-electron chi connectivity index (χ0n) is 10.9. The number of rotatable bonds is 5. The van der Waals surface area contributed by atoms with Gasteiger partial charge < -0.3 is 14.8 Å². The number of benzene rings is 1. The highest BCUT2D eigenvalue weighted by Gasteiger charge is 2.17. The summed E-state index contributed by atoms with van der Waals surface area (Å²) in [5, 5.41) is 13.8. The van der Waals surface area contributed by atoms with Crippen molar-refractivity contribution in [3.05, 3.63) is 40.7 Å². The molecule has 8 heteroatoms. The molecule has 2 rings (SSSR count). The number of anilines is 1. The van der Waals surface area contributed by atoms with Gasteiger partial charge in [0, 0.05) is 19.2 Å². The van der Waals surface area contributed by atoms with Crippen molar-refractivity contribution < 1.29 is 14.4 Å². The van der Waals surface area contributed by atoms with Gasteiger partial charge in [0.25, 0.3) is 0 Å². The van der Waals surface area contributed by atoms with E-state index in [4.69, 9.17) is 9.47 Å². The van der Waals surface area contributed by atoms with Crippen LogP contribution in [0.4, 0.5) is 11.5 Å². The summed E-state index contributed by atoms with van der Waals surface area (Å²) >= 11 is 0. The first-order chi connectivity index (χ1) is 9.63. The molecular formula is C12H12N4O4. The first-order valence-electron chi connectivity index (χ1n) is 5.64. The van der Waals surface area contributed by atoms with E-state index in [1.807, 2.05) is 0 Å². The van der Waals surface area contributed by atoms with Gasteiger partial charge in [0.1, 0.15) is 11.6 Å². The number of methoxy groups -OCH3 is 1. The number of nitro groups is 1. The third kappa shape index (κ3) is 2.91. The molecular weight excluding hydrogens is 264 g/mol. The topological polar surface area (TPSA) is 99.4 Å². The Hall–Kier alpha value is -2.90. The Balaban J connectivity index is 2.37. The minimum atomic E-state index is -0.538. The van der Waals surface area contributed by atoms with Crippen LogP contribution in [0.5, 0.6) is 17.4 Å². The van der Waals surface area contributed by atoms with E-state index < -0.39 is 4.92 Å². The van der Waals surface area contributed by atoms with Crippen LogP contribution in [0.2, 0.25) is 0 Å². The van der Waals surface area contributed by atoms with Crippen molar-refractivity contribution in [3.63, 3.8) is 0 Å². The van der Waals surface area contributed by atoms with E-state index in [0.29, 0.717) is 11.6 Å². The third-order valence-electron chi connectivity index (χ3n) is 2.45. The van der Waals surface area contributed by atoms with E-state index in [0.717, 1.165) is 0 Å². The quantitative estimate of drug-likeness (QED) is 0.660. The summed E-state index contributed by atoms with van der Waals surface area (Å²) in [5.74, 6) is 1.13. The van der Waals surface area contributed by atoms with Crippen LogP contribution < -0.4 is 14.8 Å². The average Bonchev–Trinajstić information content (AvgIpc) is 2.47. The van der Waals surface area contributed by atoms with E-state index in [1.54, 1.807) is 7.05 Å². The molecule has 0 unspecified atom stereocenters. The van der Waals surface area contributed by atoms with Gasteiger partial charge in [-0.25, -0.2) is 0 Å². The van der Waals surface area contributed by atoms with Gasteiger partial charge in [-0.15, -0.1) is 0 Å².